The van der Waals surface area contributed by atoms with Gasteiger partial charge in [0.25, 0.3) is 0 Å². The molecule has 0 saturated carbocycles. The van der Waals surface area contributed by atoms with Crippen LogP contribution in [0.4, 0.5) is 0 Å². The first kappa shape index (κ1) is 11.0. The molecule has 0 spiro atoms. The van der Waals surface area contributed by atoms with E-state index in [0.717, 1.165) is 0 Å². The molecule has 0 amide bonds. The van der Waals surface area contributed by atoms with Gasteiger partial charge in [-0.2, -0.15) is 0 Å². The van der Waals surface area contributed by atoms with Crippen LogP contribution < -0.4 is 5.76 Å². The Hall–Kier alpha value is -1.55. The summed E-state index contributed by atoms with van der Waals surface area (Å²) in [6.45, 7) is 3.72. The molecule has 0 N–H and O–H groups in total. The van der Waals surface area contributed by atoms with Crippen molar-refractivity contribution in [2.24, 2.45) is 0 Å². The maximum Gasteiger partial charge on any atom is 0.420 e. The molecular formula is C11H10ClNO3. The SMILES string of the molecule is CC(C)n1c(=O)oc2cc(C=O)cc(Cl)c21. The Morgan fingerprint density at radius 2 is 2.12 bits per heavy atom. The van der Waals surface area contributed by atoms with Gasteiger partial charge in [0.2, 0.25) is 0 Å². The number of hydrogen-bond donors (Lipinski definition) is 0. The zero-order chi connectivity index (χ0) is 11.9. The van der Waals surface area contributed by atoms with Crippen LogP contribution in [0.15, 0.2) is 21.3 Å². The summed E-state index contributed by atoms with van der Waals surface area (Å²) in [6.07, 6.45) is 0.665. The Labute approximate surface area is 96.4 Å². The van der Waals surface area contributed by atoms with Gasteiger partial charge in [0.1, 0.15) is 11.8 Å². The van der Waals surface area contributed by atoms with Crippen LogP contribution in [-0.2, 0) is 0 Å². The van der Waals surface area contributed by atoms with Crippen LogP contribution in [0.1, 0.15) is 30.2 Å². The molecule has 0 aliphatic heterocycles. The van der Waals surface area contributed by atoms with Crippen LogP contribution in [0.25, 0.3) is 11.1 Å². The fourth-order valence-corrected chi connectivity index (χ4v) is 1.99. The van der Waals surface area contributed by atoms with Crippen molar-refractivity contribution in [3.05, 3.63) is 33.3 Å². The Morgan fingerprint density at radius 1 is 1.44 bits per heavy atom. The molecule has 0 radical (unpaired) electrons. The number of fused-ring (bicyclic) bond motifs is 1. The van der Waals surface area contributed by atoms with E-state index in [4.69, 9.17) is 16.0 Å². The van der Waals surface area contributed by atoms with Crippen molar-refractivity contribution in [1.29, 1.82) is 0 Å². The highest BCUT2D eigenvalue weighted by molar-refractivity contribution is 6.35. The first-order valence-electron chi connectivity index (χ1n) is 4.84. The molecule has 0 atom stereocenters. The van der Waals surface area contributed by atoms with Gasteiger partial charge in [0, 0.05) is 11.6 Å². The number of hydrogen-bond acceptors (Lipinski definition) is 3. The minimum absolute atomic E-state index is 0.0478. The topological polar surface area (TPSA) is 52.2 Å². The summed E-state index contributed by atoms with van der Waals surface area (Å²) in [4.78, 5) is 22.2. The van der Waals surface area contributed by atoms with Crippen molar-refractivity contribution in [3.8, 4) is 0 Å². The van der Waals surface area contributed by atoms with E-state index >= 15 is 0 Å². The van der Waals surface area contributed by atoms with Gasteiger partial charge in [-0.15, -0.1) is 0 Å². The van der Waals surface area contributed by atoms with E-state index < -0.39 is 5.76 Å². The lowest BCUT2D eigenvalue weighted by molar-refractivity contribution is 0.112. The van der Waals surface area contributed by atoms with E-state index in [0.29, 0.717) is 28.0 Å². The summed E-state index contributed by atoms with van der Waals surface area (Å²) in [7, 11) is 0. The molecule has 2 aromatic rings. The molecule has 1 heterocycles. The standard InChI is InChI=1S/C11H10ClNO3/c1-6(2)13-10-8(12)3-7(5-14)4-9(10)16-11(13)15/h3-6H,1-2H3. The molecule has 0 fully saturated rings. The number of aldehydes is 1. The molecule has 84 valence electrons. The van der Waals surface area contributed by atoms with Gasteiger partial charge in [0.05, 0.1) is 5.02 Å². The third kappa shape index (κ3) is 1.55. The number of carbonyl (C=O) groups is 1. The van der Waals surface area contributed by atoms with E-state index in [9.17, 15) is 9.59 Å². The van der Waals surface area contributed by atoms with E-state index in [1.165, 1.54) is 16.7 Å². The van der Waals surface area contributed by atoms with Crippen LogP contribution in [0.2, 0.25) is 5.02 Å². The highest BCUT2D eigenvalue weighted by atomic mass is 35.5. The van der Waals surface area contributed by atoms with Gasteiger partial charge >= 0.3 is 5.76 Å². The normalized spacial score (nSPS) is 11.2. The molecule has 0 bridgehead atoms. The van der Waals surface area contributed by atoms with Gasteiger partial charge in [-0.3, -0.25) is 9.36 Å². The molecule has 2 rings (SSSR count). The molecule has 1 aromatic heterocycles. The number of oxazole rings is 1. The molecular weight excluding hydrogens is 230 g/mol. The molecule has 0 unspecified atom stereocenters. The summed E-state index contributed by atoms with van der Waals surface area (Å²) >= 11 is 6.02. The van der Waals surface area contributed by atoms with Gasteiger partial charge in [-0.1, -0.05) is 11.6 Å². The molecule has 1 aromatic carbocycles. The summed E-state index contributed by atoms with van der Waals surface area (Å²) in [5.41, 5.74) is 1.27. The number of halogens is 1. The highest BCUT2D eigenvalue weighted by Gasteiger charge is 2.15. The van der Waals surface area contributed by atoms with E-state index in [2.05, 4.69) is 0 Å². The third-order valence-corrected chi connectivity index (χ3v) is 2.63. The molecule has 0 saturated heterocycles. The van der Waals surface area contributed by atoms with E-state index in [1.807, 2.05) is 13.8 Å². The summed E-state index contributed by atoms with van der Waals surface area (Å²) in [5, 5.41) is 0.346. The zero-order valence-electron chi connectivity index (χ0n) is 8.86. The summed E-state index contributed by atoms with van der Waals surface area (Å²) in [5.74, 6) is -0.463. The smallest absolute Gasteiger partial charge is 0.408 e. The molecule has 0 aliphatic rings. The molecule has 16 heavy (non-hydrogen) atoms. The van der Waals surface area contributed by atoms with Crippen LogP contribution in [0.3, 0.4) is 0 Å². The predicted molar refractivity (Wildman–Crippen MR) is 61.3 cm³/mol. The van der Waals surface area contributed by atoms with Crippen LogP contribution in [-0.4, -0.2) is 10.9 Å². The molecule has 0 aliphatic carbocycles. The van der Waals surface area contributed by atoms with Crippen LogP contribution in [0.5, 0.6) is 0 Å². The Bertz CT molecular complexity index is 609. The van der Waals surface area contributed by atoms with Crippen molar-refractivity contribution in [2.75, 3.05) is 0 Å². The number of aromatic nitrogens is 1. The summed E-state index contributed by atoms with van der Waals surface area (Å²) in [6, 6.07) is 2.98. The van der Waals surface area contributed by atoms with E-state index in [-0.39, 0.29) is 6.04 Å². The second kappa shape index (κ2) is 3.79. The lowest BCUT2D eigenvalue weighted by atomic mass is 10.2. The number of rotatable bonds is 2. The lowest BCUT2D eigenvalue weighted by Crippen LogP contribution is -2.16. The Kier molecular flexibility index (Phi) is 2.59. The van der Waals surface area contributed by atoms with Crippen LogP contribution in [0, 0.1) is 0 Å². The predicted octanol–water partition coefficient (Wildman–Crippen LogP) is 2.64. The quantitative estimate of drug-likeness (QED) is 0.757. The van der Waals surface area contributed by atoms with Crippen molar-refractivity contribution in [3.63, 3.8) is 0 Å². The number of benzene rings is 1. The van der Waals surface area contributed by atoms with Gasteiger partial charge in [-0.25, -0.2) is 4.79 Å². The minimum Gasteiger partial charge on any atom is -0.408 e. The monoisotopic (exact) mass is 239 g/mol. The maximum absolute atomic E-state index is 11.6. The minimum atomic E-state index is -0.463. The fourth-order valence-electron chi connectivity index (χ4n) is 1.68. The second-order valence-electron chi connectivity index (χ2n) is 3.80. The number of carbonyl (C=O) groups excluding carboxylic acids is 1. The average Bonchev–Trinajstić information content (AvgIpc) is 2.54. The van der Waals surface area contributed by atoms with Gasteiger partial charge in [-0.05, 0) is 26.0 Å². The van der Waals surface area contributed by atoms with Gasteiger partial charge < -0.3 is 4.42 Å². The molecule has 4 nitrogen and oxygen atoms in total. The van der Waals surface area contributed by atoms with Crippen molar-refractivity contribution < 1.29 is 9.21 Å². The number of nitrogens with zero attached hydrogens (tertiary/aromatic N) is 1. The first-order chi connectivity index (χ1) is 7.54. The second-order valence-corrected chi connectivity index (χ2v) is 4.21. The third-order valence-electron chi connectivity index (χ3n) is 2.34. The van der Waals surface area contributed by atoms with Crippen LogP contribution >= 0.6 is 11.6 Å². The van der Waals surface area contributed by atoms with Crippen molar-refractivity contribution in [2.45, 2.75) is 19.9 Å². The largest absolute Gasteiger partial charge is 0.420 e. The fraction of sp³-hybridized carbons (Fsp3) is 0.273. The average molecular weight is 240 g/mol. The van der Waals surface area contributed by atoms with Gasteiger partial charge in [0.15, 0.2) is 5.58 Å². The zero-order valence-corrected chi connectivity index (χ0v) is 9.62. The lowest BCUT2D eigenvalue weighted by Gasteiger charge is -2.06. The molecule has 5 heteroatoms. The maximum atomic E-state index is 11.6. The van der Waals surface area contributed by atoms with Crippen molar-refractivity contribution in [1.82, 2.24) is 4.57 Å². The van der Waals surface area contributed by atoms with E-state index in [1.54, 1.807) is 0 Å². The summed E-state index contributed by atoms with van der Waals surface area (Å²) < 4.78 is 6.51. The Balaban J connectivity index is 2.90. The first-order valence-corrected chi connectivity index (χ1v) is 5.22. The Morgan fingerprint density at radius 3 is 2.69 bits per heavy atom. The highest BCUT2D eigenvalue weighted by Crippen LogP contribution is 2.26. The van der Waals surface area contributed by atoms with Crippen molar-refractivity contribution >= 4 is 29.0 Å².